The van der Waals surface area contributed by atoms with E-state index in [2.05, 4.69) is 109 Å². The normalized spacial score (nSPS) is 37.8. The molecule has 0 N–H and O–H groups in total. The molecular weight excluding hydrogens is 400 g/mol. The molecule has 0 amide bonds. The Morgan fingerprint density at radius 1 is 0.667 bits per heavy atom. The highest BCUT2D eigenvalue weighted by atomic mass is 32.2. The molecule has 0 aromatic heterocycles. The van der Waals surface area contributed by atoms with Crippen LogP contribution in [0.3, 0.4) is 0 Å². The van der Waals surface area contributed by atoms with Crippen LogP contribution in [0, 0.1) is 11.8 Å². The van der Waals surface area contributed by atoms with Crippen molar-refractivity contribution in [3.63, 3.8) is 0 Å². The minimum absolute atomic E-state index is 0.0812. The highest BCUT2D eigenvalue weighted by molar-refractivity contribution is 8.05. The minimum atomic E-state index is 0.0812. The van der Waals surface area contributed by atoms with Gasteiger partial charge in [0.2, 0.25) is 0 Å². The lowest BCUT2D eigenvalue weighted by atomic mass is 9.53. The monoisotopic (exact) mass is 426 g/mol. The van der Waals surface area contributed by atoms with Gasteiger partial charge in [-0.15, -0.1) is 23.5 Å². The maximum absolute atomic E-state index is 2.62. The lowest BCUT2D eigenvalue weighted by molar-refractivity contribution is 0.132. The first-order valence-corrected chi connectivity index (χ1v) is 13.0. The van der Waals surface area contributed by atoms with E-state index in [0.717, 1.165) is 11.8 Å². The van der Waals surface area contributed by atoms with Gasteiger partial charge in [0.25, 0.3) is 0 Å². The molecule has 2 fully saturated rings. The van der Waals surface area contributed by atoms with E-state index in [1.54, 1.807) is 11.1 Å². The SMILES string of the molecule is CC12Sc3ccccc3C1C1CCCC1C1c3ccccc3SC12c1ccccc1. The van der Waals surface area contributed by atoms with Crippen molar-refractivity contribution in [2.75, 3.05) is 0 Å². The Hall–Kier alpha value is -1.64. The quantitative estimate of drug-likeness (QED) is 0.388. The van der Waals surface area contributed by atoms with Crippen molar-refractivity contribution in [1.29, 1.82) is 0 Å². The molecule has 7 rings (SSSR count). The van der Waals surface area contributed by atoms with Gasteiger partial charge in [0.05, 0.1) is 4.75 Å². The summed E-state index contributed by atoms with van der Waals surface area (Å²) >= 11 is 4.39. The lowest BCUT2D eigenvalue weighted by Crippen LogP contribution is -2.57. The molecule has 0 nitrogen and oxygen atoms in total. The van der Waals surface area contributed by atoms with E-state index in [9.17, 15) is 0 Å². The summed E-state index contributed by atoms with van der Waals surface area (Å²) in [5.41, 5.74) is 4.79. The summed E-state index contributed by atoms with van der Waals surface area (Å²) in [4.78, 5) is 3.05. The molecule has 0 saturated heterocycles. The largest absolute Gasteiger partial charge is 0.117 e. The van der Waals surface area contributed by atoms with Crippen LogP contribution >= 0.6 is 23.5 Å². The van der Waals surface area contributed by atoms with Crippen molar-refractivity contribution in [2.45, 2.75) is 57.3 Å². The van der Waals surface area contributed by atoms with Gasteiger partial charge < -0.3 is 0 Å². The molecule has 2 saturated carbocycles. The molecule has 6 unspecified atom stereocenters. The highest BCUT2D eigenvalue weighted by Gasteiger charge is 2.71. The van der Waals surface area contributed by atoms with Gasteiger partial charge in [-0.25, -0.2) is 0 Å². The van der Waals surface area contributed by atoms with E-state index >= 15 is 0 Å². The Bertz CT molecular complexity index is 1140. The molecule has 2 aliphatic heterocycles. The molecule has 0 bridgehead atoms. The zero-order chi connectivity index (χ0) is 19.9. The van der Waals surface area contributed by atoms with Gasteiger partial charge in [0.1, 0.15) is 0 Å². The highest BCUT2D eigenvalue weighted by Crippen LogP contribution is 2.80. The van der Waals surface area contributed by atoms with Crippen LogP contribution in [-0.2, 0) is 4.75 Å². The molecule has 3 aromatic carbocycles. The van der Waals surface area contributed by atoms with Gasteiger partial charge in [0, 0.05) is 26.4 Å². The minimum Gasteiger partial charge on any atom is -0.117 e. The van der Waals surface area contributed by atoms with Gasteiger partial charge in [-0.2, -0.15) is 0 Å². The predicted octanol–water partition coefficient (Wildman–Crippen LogP) is 7.85. The average Bonchev–Trinajstić information content (AvgIpc) is 3.46. The standard InChI is InChI=1S/C28H26S2/c1-27-25(21-12-5-7-16-23(21)29-27)19-14-9-15-20(19)26-22-13-6-8-17-24(22)30-28(26,27)18-10-3-2-4-11-18/h2-8,10-13,16-17,19-20,25-26H,9,14-15H2,1H3. The van der Waals surface area contributed by atoms with Gasteiger partial charge >= 0.3 is 0 Å². The van der Waals surface area contributed by atoms with E-state index in [1.807, 2.05) is 0 Å². The number of thioether (sulfide) groups is 2. The number of benzene rings is 3. The van der Waals surface area contributed by atoms with Gasteiger partial charge in [-0.3, -0.25) is 0 Å². The smallest absolute Gasteiger partial charge is 0.0680 e. The van der Waals surface area contributed by atoms with Crippen LogP contribution in [0.15, 0.2) is 88.7 Å². The molecule has 30 heavy (non-hydrogen) atoms. The second kappa shape index (κ2) is 6.20. The zero-order valence-electron chi connectivity index (χ0n) is 17.3. The van der Waals surface area contributed by atoms with E-state index in [-0.39, 0.29) is 9.49 Å². The molecule has 3 aromatic rings. The van der Waals surface area contributed by atoms with Crippen molar-refractivity contribution >= 4 is 23.5 Å². The number of hydrogen-bond acceptors (Lipinski definition) is 2. The Kier molecular flexibility index (Phi) is 3.72. The molecular formula is C28H26S2. The van der Waals surface area contributed by atoms with Gasteiger partial charge in [-0.1, -0.05) is 73.2 Å². The van der Waals surface area contributed by atoms with Crippen LogP contribution in [-0.4, -0.2) is 4.75 Å². The Morgan fingerprint density at radius 3 is 1.97 bits per heavy atom. The van der Waals surface area contributed by atoms with Crippen LogP contribution in [0.2, 0.25) is 0 Å². The third-order valence-corrected chi connectivity index (χ3v) is 12.1. The molecule has 2 heterocycles. The number of rotatable bonds is 1. The summed E-state index contributed by atoms with van der Waals surface area (Å²) in [7, 11) is 0. The molecule has 0 spiro atoms. The molecule has 2 heteroatoms. The fourth-order valence-corrected chi connectivity index (χ4v) is 11.5. The number of hydrogen-bond donors (Lipinski definition) is 0. The average molecular weight is 427 g/mol. The molecule has 0 radical (unpaired) electrons. The first-order chi connectivity index (χ1) is 14.7. The fraction of sp³-hybridized carbons (Fsp3) is 0.357. The lowest BCUT2D eigenvalue weighted by Gasteiger charge is -2.59. The first-order valence-electron chi connectivity index (χ1n) is 11.4. The topological polar surface area (TPSA) is 0 Å². The van der Waals surface area contributed by atoms with E-state index in [0.29, 0.717) is 11.8 Å². The van der Waals surface area contributed by atoms with Crippen molar-refractivity contribution in [3.05, 3.63) is 95.6 Å². The van der Waals surface area contributed by atoms with Crippen LogP contribution in [0.4, 0.5) is 0 Å². The van der Waals surface area contributed by atoms with Gasteiger partial charge in [0.15, 0.2) is 0 Å². The zero-order valence-corrected chi connectivity index (χ0v) is 18.9. The summed E-state index contributed by atoms with van der Waals surface area (Å²) in [6.07, 6.45) is 4.18. The van der Waals surface area contributed by atoms with Crippen LogP contribution < -0.4 is 0 Å². The van der Waals surface area contributed by atoms with Crippen LogP contribution in [0.5, 0.6) is 0 Å². The van der Waals surface area contributed by atoms with Crippen molar-refractivity contribution in [2.24, 2.45) is 11.8 Å². The molecule has 2 aliphatic carbocycles. The summed E-state index contributed by atoms with van der Waals surface area (Å²) in [5.74, 6) is 2.84. The summed E-state index contributed by atoms with van der Waals surface area (Å²) in [5, 5.41) is 0. The molecule has 150 valence electrons. The third kappa shape index (κ3) is 2.03. The summed E-state index contributed by atoms with van der Waals surface area (Å²) < 4.78 is 0.232. The Morgan fingerprint density at radius 2 is 1.23 bits per heavy atom. The van der Waals surface area contributed by atoms with Gasteiger partial charge in [-0.05, 0) is 60.4 Å². The maximum atomic E-state index is 2.62. The van der Waals surface area contributed by atoms with E-state index in [4.69, 9.17) is 0 Å². The maximum Gasteiger partial charge on any atom is 0.0680 e. The predicted molar refractivity (Wildman–Crippen MR) is 127 cm³/mol. The van der Waals surface area contributed by atoms with Crippen molar-refractivity contribution < 1.29 is 0 Å². The van der Waals surface area contributed by atoms with E-state index in [1.165, 1.54) is 34.6 Å². The Labute approximate surface area is 187 Å². The first kappa shape index (κ1) is 18.0. The van der Waals surface area contributed by atoms with Crippen LogP contribution in [0.1, 0.15) is 54.7 Å². The third-order valence-electron chi connectivity index (χ3n) is 8.55. The summed E-state index contributed by atoms with van der Waals surface area (Å²) in [6.45, 7) is 2.62. The van der Waals surface area contributed by atoms with Crippen molar-refractivity contribution in [1.82, 2.24) is 0 Å². The molecule has 6 atom stereocenters. The van der Waals surface area contributed by atoms with Crippen LogP contribution in [0.25, 0.3) is 0 Å². The van der Waals surface area contributed by atoms with E-state index < -0.39 is 0 Å². The number of fused-ring (bicyclic) bond motifs is 10. The second-order valence-corrected chi connectivity index (χ2v) is 12.5. The van der Waals surface area contributed by atoms with Crippen molar-refractivity contribution in [3.8, 4) is 0 Å². The second-order valence-electron chi connectivity index (χ2n) is 9.70. The molecule has 4 aliphatic rings. The Balaban J connectivity index is 1.56. The fourth-order valence-electron chi connectivity index (χ4n) is 7.65. The summed E-state index contributed by atoms with van der Waals surface area (Å²) in [6, 6.07) is 30.2.